The Morgan fingerprint density at radius 1 is 1.38 bits per heavy atom. The van der Waals surface area contributed by atoms with Crippen LogP contribution in [0.2, 0.25) is 0 Å². The molecule has 1 fully saturated rings. The van der Waals surface area contributed by atoms with Crippen LogP contribution in [0.3, 0.4) is 0 Å². The smallest absolute Gasteiger partial charge is 0.238 e. The Bertz CT molecular complexity index is 621. The van der Waals surface area contributed by atoms with Gasteiger partial charge in [-0.1, -0.05) is 6.92 Å². The van der Waals surface area contributed by atoms with E-state index in [4.69, 9.17) is 5.14 Å². The van der Waals surface area contributed by atoms with Crippen molar-refractivity contribution in [1.82, 2.24) is 4.90 Å². The van der Waals surface area contributed by atoms with Crippen LogP contribution in [0.4, 0.5) is 5.69 Å². The molecule has 0 saturated carbocycles. The Morgan fingerprint density at radius 3 is 2.62 bits per heavy atom. The van der Waals surface area contributed by atoms with Crippen LogP contribution >= 0.6 is 15.9 Å². The molecule has 1 aromatic carbocycles. The van der Waals surface area contributed by atoms with Crippen LogP contribution in [-0.2, 0) is 10.0 Å². The SMILES string of the molecule is CC1CN(C)C(C)CC1Nc1ccc(S(N)(=O)=O)cc1Br. The lowest BCUT2D eigenvalue weighted by atomic mass is 9.89. The first kappa shape index (κ1) is 16.7. The maximum absolute atomic E-state index is 11.3. The van der Waals surface area contributed by atoms with Crippen LogP contribution in [-0.4, -0.2) is 39.0 Å². The highest BCUT2D eigenvalue weighted by Gasteiger charge is 2.29. The molecule has 1 saturated heterocycles. The van der Waals surface area contributed by atoms with Crippen molar-refractivity contribution in [3.8, 4) is 0 Å². The Morgan fingerprint density at radius 2 is 2.05 bits per heavy atom. The van der Waals surface area contributed by atoms with Gasteiger partial charge in [-0.25, -0.2) is 13.6 Å². The molecule has 1 aromatic rings. The van der Waals surface area contributed by atoms with Gasteiger partial charge in [0.05, 0.1) is 4.90 Å². The van der Waals surface area contributed by atoms with E-state index in [1.165, 1.54) is 6.07 Å². The average molecular weight is 376 g/mol. The van der Waals surface area contributed by atoms with Gasteiger partial charge in [-0.15, -0.1) is 0 Å². The lowest BCUT2D eigenvalue weighted by Crippen LogP contribution is -2.48. The molecule has 7 heteroatoms. The minimum atomic E-state index is -3.67. The van der Waals surface area contributed by atoms with Crippen molar-refractivity contribution in [3.05, 3.63) is 22.7 Å². The molecule has 21 heavy (non-hydrogen) atoms. The predicted molar refractivity (Wildman–Crippen MR) is 88.8 cm³/mol. The monoisotopic (exact) mass is 375 g/mol. The van der Waals surface area contributed by atoms with Gasteiger partial charge in [-0.3, -0.25) is 0 Å². The van der Waals surface area contributed by atoms with Crippen molar-refractivity contribution < 1.29 is 8.42 Å². The Kier molecular flexibility index (Phi) is 4.97. The number of anilines is 1. The van der Waals surface area contributed by atoms with Crippen molar-refractivity contribution in [2.24, 2.45) is 11.1 Å². The lowest BCUT2D eigenvalue weighted by Gasteiger charge is -2.40. The molecular weight excluding hydrogens is 354 g/mol. The quantitative estimate of drug-likeness (QED) is 0.849. The van der Waals surface area contributed by atoms with E-state index in [-0.39, 0.29) is 4.90 Å². The van der Waals surface area contributed by atoms with Crippen molar-refractivity contribution in [1.29, 1.82) is 0 Å². The zero-order valence-corrected chi connectivity index (χ0v) is 14.9. The third-order valence-electron chi connectivity index (χ3n) is 4.22. The van der Waals surface area contributed by atoms with Crippen molar-refractivity contribution in [2.45, 2.75) is 37.2 Å². The number of piperidine rings is 1. The second kappa shape index (κ2) is 6.24. The normalized spacial score (nSPS) is 27.6. The molecule has 0 aliphatic carbocycles. The highest BCUT2D eigenvalue weighted by Crippen LogP contribution is 2.30. The number of nitrogens with zero attached hydrogens (tertiary/aromatic N) is 1. The highest BCUT2D eigenvalue weighted by molar-refractivity contribution is 9.10. The molecule has 1 aliphatic rings. The largest absolute Gasteiger partial charge is 0.381 e. The molecule has 0 aromatic heterocycles. The van der Waals surface area contributed by atoms with Crippen LogP contribution in [0.25, 0.3) is 0 Å². The first-order chi connectivity index (χ1) is 9.68. The molecule has 3 atom stereocenters. The number of halogens is 1. The van der Waals surface area contributed by atoms with Crippen LogP contribution in [0.1, 0.15) is 20.3 Å². The number of hydrogen-bond donors (Lipinski definition) is 2. The third kappa shape index (κ3) is 3.97. The van der Waals surface area contributed by atoms with Gasteiger partial charge in [0, 0.05) is 28.8 Å². The Labute approximate surface area is 135 Å². The number of benzene rings is 1. The standard InChI is InChI=1S/C14H22BrN3O2S/c1-9-8-18(3)10(2)6-14(9)17-13-5-4-11(7-12(13)15)21(16,19)20/h4-5,7,9-10,14,17H,6,8H2,1-3H3,(H2,16,19,20). The minimum Gasteiger partial charge on any atom is -0.381 e. The summed E-state index contributed by atoms with van der Waals surface area (Å²) in [5.74, 6) is 0.524. The van der Waals surface area contributed by atoms with Crippen molar-refractivity contribution in [2.75, 3.05) is 18.9 Å². The minimum absolute atomic E-state index is 0.115. The van der Waals surface area contributed by atoms with E-state index in [0.717, 1.165) is 18.7 Å². The summed E-state index contributed by atoms with van der Waals surface area (Å²) >= 11 is 3.42. The van der Waals surface area contributed by atoms with Gasteiger partial charge >= 0.3 is 0 Å². The van der Waals surface area contributed by atoms with E-state index in [1.807, 2.05) is 0 Å². The summed E-state index contributed by atoms with van der Waals surface area (Å²) in [6.07, 6.45) is 1.06. The number of nitrogens with two attached hydrogens (primary N) is 1. The van der Waals surface area contributed by atoms with E-state index < -0.39 is 10.0 Å². The summed E-state index contributed by atoms with van der Waals surface area (Å²) in [5, 5.41) is 8.66. The van der Waals surface area contributed by atoms with Gasteiger partial charge in [0.2, 0.25) is 10.0 Å². The fourth-order valence-corrected chi connectivity index (χ4v) is 3.92. The average Bonchev–Trinajstić information content (AvgIpc) is 2.36. The van der Waals surface area contributed by atoms with Crippen LogP contribution in [0.15, 0.2) is 27.6 Å². The fraction of sp³-hybridized carbons (Fsp3) is 0.571. The molecule has 2 rings (SSSR count). The summed E-state index contributed by atoms with van der Waals surface area (Å²) in [6, 6.07) is 5.74. The fourth-order valence-electron chi connectivity index (χ4n) is 2.73. The summed E-state index contributed by atoms with van der Waals surface area (Å²) in [4.78, 5) is 2.48. The number of likely N-dealkylation sites (tertiary alicyclic amines) is 1. The van der Waals surface area contributed by atoms with Gasteiger partial charge in [0.25, 0.3) is 0 Å². The maximum Gasteiger partial charge on any atom is 0.238 e. The molecule has 3 unspecified atom stereocenters. The molecule has 1 aliphatic heterocycles. The summed E-state index contributed by atoms with van der Waals surface area (Å²) in [5.41, 5.74) is 0.899. The second-order valence-electron chi connectivity index (χ2n) is 5.94. The van der Waals surface area contributed by atoms with Gasteiger partial charge in [-0.05, 0) is 60.4 Å². The zero-order chi connectivity index (χ0) is 15.8. The van der Waals surface area contributed by atoms with Crippen molar-refractivity contribution in [3.63, 3.8) is 0 Å². The Balaban J connectivity index is 2.17. The maximum atomic E-state index is 11.3. The first-order valence-electron chi connectivity index (χ1n) is 6.97. The topological polar surface area (TPSA) is 75.4 Å². The zero-order valence-electron chi connectivity index (χ0n) is 12.5. The molecule has 1 heterocycles. The van der Waals surface area contributed by atoms with Gasteiger partial charge < -0.3 is 10.2 Å². The van der Waals surface area contributed by atoms with Crippen molar-refractivity contribution >= 4 is 31.6 Å². The van der Waals surface area contributed by atoms with Crippen LogP contribution < -0.4 is 10.5 Å². The highest BCUT2D eigenvalue weighted by atomic mass is 79.9. The molecule has 118 valence electrons. The predicted octanol–water partition coefficient (Wildman–Crippen LogP) is 2.24. The number of primary sulfonamides is 1. The Hall–Kier alpha value is -0.630. The van der Waals surface area contributed by atoms with Crippen LogP contribution in [0.5, 0.6) is 0 Å². The molecule has 0 amide bonds. The molecule has 0 bridgehead atoms. The second-order valence-corrected chi connectivity index (χ2v) is 8.35. The van der Waals surface area contributed by atoms with E-state index in [0.29, 0.717) is 22.5 Å². The van der Waals surface area contributed by atoms with Gasteiger partial charge in [-0.2, -0.15) is 0 Å². The molecular formula is C14H22BrN3O2S. The summed E-state index contributed by atoms with van der Waals surface area (Å²) < 4.78 is 23.4. The molecule has 0 radical (unpaired) electrons. The summed E-state index contributed by atoms with van der Waals surface area (Å²) in [7, 11) is -1.52. The lowest BCUT2D eigenvalue weighted by molar-refractivity contribution is 0.145. The first-order valence-corrected chi connectivity index (χ1v) is 9.31. The molecule has 3 N–H and O–H groups in total. The van der Waals surface area contributed by atoms with E-state index >= 15 is 0 Å². The van der Waals surface area contributed by atoms with E-state index in [1.54, 1.807) is 12.1 Å². The molecule has 0 spiro atoms. The van der Waals surface area contributed by atoms with E-state index in [9.17, 15) is 8.42 Å². The van der Waals surface area contributed by atoms with E-state index in [2.05, 4.69) is 47.0 Å². The summed E-state index contributed by atoms with van der Waals surface area (Å²) in [6.45, 7) is 5.50. The number of hydrogen-bond acceptors (Lipinski definition) is 4. The third-order valence-corrected chi connectivity index (χ3v) is 5.79. The van der Waals surface area contributed by atoms with Gasteiger partial charge in [0.15, 0.2) is 0 Å². The number of sulfonamides is 1. The van der Waals surface area contributed by atoms with Gasteiger partial charge in [0.1, 0.15) is 0 Å². The molecule has 5 nitrogen and oxygen atoms in total. The number of rotatable bonds is 3. The van der Waals surface area contributed by atoms with Crippen LogP contribution in [0, 0.1) is 5.92 Å². The number of nitrogens with one attached hydrogen (secondary N) is 1.